The second-order valence-corrected chi connectivity index (χ2v) is 7.08. The number of aliphatic hydroxyl groups is 1. The molecule has 2 atom stereocenters. The van der Waals surface area contributed by atoms with Gasteiger partial charge in [0.05, 0.1) is 11.1 Å². The van der Waals surface area contributed by atoms with Crippen LogP contribution in [0.15, 0.2) is 60.8 Å². The number of carboxylic acids is 1. The Morgan fingerprint density at radius 3 is 2.86 bits per heavy atom. The average Bonchev–Trinajstić information content (AvgIpc) is 2.70. The van der Waals surface area contributed by atoms with Crippen LogP contribution in [-0.2, 0) is 6.54 Å². The standard InChI is InChI=1S/C22H22N2O4/c25-19-14-24(13-15-4-1-5-16(12-15)22(26)27)11-9-21(19)28-20-8-2-7-18-17(20)6-3-10-23-18/h1-8,10,12,19,21,25H,9,11,13-14H2,(H,26,27)/t19-,21-/m1/s1. The maximum Gasteiger partial charge on any atom is 0.335 e. The Kier molecular flexibility index (Phi) is 5.23. The normalized spacial score (nSPS) is 20.2. The first-order valence-electron chi connectivity index (χ1n) is 9.33. The number of aromatic nitrogens is 1. The fraction of sp³-hybridized carbons (Fsp3) is 0.273. The van der Waals surface area contributed by atoms with E-state index in [1.807, 2.05) is 36.4 Å². The van der Waals surface area contributed by atoms with Crippen molar-refractivity contribution in [1.82, 2.24) is 9.88 Å². The molecule has 0 spiro atoms. The van der Waals surface area contributed by atoms with Crippen molar-refractivity contribution in [2.24, 2.45) is 0 Å². The van der Waals surface area contributed by atoms with Gasteiger partial charge in [0.1, 0.15) is 18.0 Å². The van der Waals surface area contributed by atoms with Crippen molar-refractivity contribution in [2.75, 3.05) is 13.1 Å². The number of pyridine rings is 1. The molecule has 1 fully saturated rings. The van der Waals surface area contributed by atoms with E-state index < -0.39 is 12.1 Å². The molecular weight excluding hydrogens is 356 g/mol. The third-order valence-electron chi connectivity index (χ3n) is 5.07. The number of hydrogen-bond donors (Lipinski definition) is 2. The van der Waals surface area contributed by atoms with Crippen molar-refractivity contribution in [1.29, 1.82) is 0 Å². The van der Waals surface area contributed by atoms with Gasteiger partial charge in [-0.05, 0) is 48.4 Å². The van der Waals surface area contributed by atoms with Gasteiger partial charge in [-0.15, -0.1) is 0 Å². The summed E-state index contributed by atoms with van der Waals surface area (Å²) in [5, 5.41) is 20.7. The van der Waals surface area contributed by atoms with Crippen LogP contribution in [0, 0.1) is 0 Å². The van der Waals surface area contributed by atoms with Crippen LogP contribution in [0.5, 0.6) is 5.75 Å². The Morgan fingerprint density at radius 2 is 2.04 bits per heavy atom. The number of nitrogens with zero attached hydrogens (tertiary/aromatic N) is 2. The lowest BCUT2D eigenvalue weighted by Gasteiger charge is -2.36. The molecule has 0 saturated carbocycles. The number of aromatic carboxylic acids is 1. The van der Waals surface area contributed by atoms with E-state index in [4.69, 9.17) is 9.84 Å². The highest BCUT2D eigenvalue weighted by Crippen LogP contribution is 2.27. The van der Waals surface area contributed by atoms with Gasteiger partial charge in [-0.2, -0.15) is 0 Å². The fourth-order valence-electron chi connectivity index (χ4n) is 3.66. The molecule has 6 nitrogen and oxygen atoms in total. The Morgan fingerprint density at radius 1 is 1.18 bits per heavy atom. The highest BCUT2D eigenvalue weighted by molar-refractivity contribution is 5.87. The van der Waals surface area contributed by atoms with Gasteiger partial charge in [0.15, 0.2) is 0 Å². The third-order valence-corrected chi connectivity index (χ3v) is 5.07. The number of carbonyl (C=O) groups is 1. The Bertz CT molecular complexity index is 986. The lowest BCUT2D eigenvalue weighted by molar-refractivity contribution is -0.0269. The van der Waals surface area contributed by atoms with Crippen LogP contribution in [0.2, 0.25) is 0 Å². The molecule has 0 bridgehead atoms. The molecule has 1 aliphatic heterocycles. The van der Waals surface area contributed by atoms with Crippen molar-refractivity contribution >= 4 is 16.9 Å². The van der Waals surface area contributed by atoms with E-state index >= 15 is 0 Å². The molecule has 0 aliphatic carbocycles. The van der Waals surface area contributed by atoms with Crippen molar-refractivity contribution in [3.8, 4) is 5.75 Å². The largest absolute Gasteiger partial charge is 0.487 e. The van der Waals surface area contributed by atoms with Gasteiger partial charge in [-0.25, -0.2) is 4.79 Å². The second kappa shape index (κ2) is 7.96. The predicted octanol–water partition coefficient (Wildman–Crippen LogP) is 2.95. The van der Waals surface area contributed by atoms with Gasteiger partial charge in [0, 0.05) is 31.2 Å². The zero-order valence-electron chi connectivity index (χ0n) is 15.4. The number of piperidine rings is 1. The summed E-state index contributed by atoms with van der Waals surface area (Å²) in [5.41, 5.74) is 2.07. The quantitative estimate of drug-likeness (QED) is 0.710. The van der Waals surface area contributed by atoms with Gasteiger partial charge in [-0.3, -0.25) is 9.88 Å². The number of benzene rings is 2. The number of ether oxygens (including phenoxy) is 1. The van der Waals surface area contributed by atoms with Crippen molar-refractivity contribution < 1.29 is 19.7 Å². The first-order chi connectivity index (χ1) is 13.6. The zero-order chi connectivity index (χ0) is 19.5. The molecule has 2 heterocycles. The number of aliphatic hydroxyl groups excluding tert-OH is 1. The van der Waals surface area contributed by atoms with E-state index in [2.05, 4.69) is 9.88 Å². The van der Waals surface area contributed by atoms with E-state index in [-0.39, 0.29) is 11.7 Å². The monoisotopic (exact) mass is 378 g/mol. The molecule has 3 aromatic rings. The topological polar surface area (TPSA) is 82.9 Å². The van der Waals surface area contributed by atoms with Crippen LogP contribution >= 0.6 is 0 Å². The first-order valence-corrected chi connectivity index (χ1v) is 9.33. The van der Waals surface area contributed by atoms with Crippen LogP contribution in [0.4, 0.5) is 0 Å². The number of carboxylic acid groups (broad SMARTS) is 1. The van der Waals surface area contributed by atoms with E-state index in [1.54, 1.807) is 24.4 Å². The Labute approximate surface area is 163 Å². The molecule has 144 valence electrons. The minimum atomic E-state index is -0.932. The molecule has 28 heavy (non-hydrogen) atoms. The number of rotatable bonds is 5. The predicted molar refractivity (Wildman–Crippen MR) is 105 cm³/mol. The number of β-amino-alcohol motifs (C(OH)–C–C–N with tert-alkyl or cyclic N) is 1. The smallest absolute Gasteiger partial charge is 0.335 e. The minimum Gasteiger partial charge on any atom is -0.487 e. The summed E-state index contributed by atoms with van der Waals surface area (Å²) in [6, 6.07) is 16.5. The zero-order valence-corrected chi connectivity index (χ0v) is 15.4. The molecule has 0 amide bonds. The molecule has 0 unspecified atom stereocenters. The van der Waals surface area contributed by atoms with Crippen LogP contribution in [0.25, 0.3) is 10.9 Å². The van der Waals surface area contributed by atoms with Crippen LogP contribution in [0.1, 0.15) is 22.3 Å². The fourth-order valence-corrected chi connectivity index (χ4v) is 3.66. The Hall–Kier alpha value is -2.96. The van der Waals surface area contributed by atoms with Gasteiger partial charge >= 0.3 is 5.97 Å². The summed E-state index contributed by atoms with van der Waals surface area (Å²) < 4.78 is 6.14. The second-order valence-electron chi connectivity index (χ2n) is 7.08. The molecule has 1 saturated heterocycles. The molecule has 4 rings (SSSR count). The number of fused-ring (bicyclic) bond motifs is 1. The highest BCUT2D eigenvalue weighted by Gasteiger charge is 2.29. The SMILES string of the molecule is O=C(O)c1cccc(CN2CC[C@@H](Oc3cccc4ncccc34)[C@H](O)C2)c1. The molecule has 2 N–H and O–H groups in total. The van der Waals surface area contributed by atoms with Crippen LogP contribution in [0.3, 0.4) is 0 Å². The van der Waals surface area contributed by atoms with Gasteiger partial charge in [0.25, 0.3) is 0 Å². The van der Waals surface area contributed by atoms with Crippen LogP contribution < -0.4 is 4.74 Å². The summed E-state index contributed by atoms with van der Waals surface area (Å²) in [4.78, 5) is 17.6. The summed E-state index contributed by atoms with van der Waals surface area (Å²) >= 11 is 0. The summed E-state index contributed by atoms with van der Waals surface area (Å²) in [5.74, 6) is -0.198. The van der Waals surface area contributed by atoms with Gasteiger partial charge in [0.2, 0.25) is 0 Å². The minimum absolute atomic E-state index is 0.279. The maximum absolute atomic E-state index is 11.1. The lowest BCUT2D eigenvalue weighted by atomic mass is 10.0. The molecule has 6 heteroatoms. The molecule has 1 aliphatic rings. The summed E-state index contributed by atoms with van der Waals surface area (Å²) in [6.45, 7) is 1.84. The van der Waals surface area contributed by atoms with E-state index in [0.29, 0.717) is 19.5 Å². The molecule has 2 aromatic carbocycles. The highest BCUT2D eigenvalue weighted by atomic mass is 16.5. The van der Waals surface area contributed by atoms with E-state index in [1.165, 1.54) is 0 Å². The van der Waals surface area contributed by atoms with Crippen LogP contribution in [-0.4, -0.2) is 51.4 Å². The lowest BCUT2D eigenvalue weighted by Crippen LogP contribution is -2.48. The average molecular weight is 378 g/mol. The third kappa shape index (κ3) is 3.98. The van der Waals surface area contributed by atoms with Crippen molar-refractivity contribution in [2.45, 2.75) is 25.2 Å². The van der Waals surface area contributed by atoms with Gasteiger partial charge < -0.3 is 14.9 Å². The molecule has 1 aromatic heterocycles. The molecule has 0 radical (unpaired) electrons. The van der Waals surface area contributed by atoms with Crippen molar-refractivity contribution in [3.05, 3.63) is 71.9 Å². The molecular formula is C22H22N2O4. The van der Waals surface area contributed by atoms with E-state index in [9.17, 15) is 9.90 Å². The number of likely N-dealkylation sites (tertiary alicyclic amines) is 1. The Balaban J connectivity index is 1.41. The number of hydrogen-bond acceptors (Lipinski definition) is 5. The first kappa shape index (κ1) is 18.4. The summed E-state index contributed by atoms with van der Waals surface area (Å²) in [6.07, 6.45) is 1.53. The van der Waals surface area contributed by atoms with Gasteiger partial charge in [-0.1, -0.05) is 18.2 Å². The van der Waals surface area contributed by atoms with E-state index in [0.717, 1.165) is 28.8 Å². The maximum atomic E-state index is 11.1. The summed E-state index contributed by atoms with van der Waals surface area (Å²) in [7, 11) is 0. The van der Waals surface area contributed by atoms with Crippen molar-refractivity contribution in [3.63, 3.8) is 0 Å².